The lowest BCUT2D eigenvalue weighted by Crippen LogP contribution is -2.45. The molecule has 4 aromatic rings. The summed E-state index contributed by atoms with van der Waals surface area (Å²) in [5, 5.41) is 6.61. The first kappa shape index (κ1) is 23.8. The van der Waals surface area contributed by atoms with Crippen LogP contribution in [0, 0.1) is 12.7 Å². The second-order valence-corrected chi connectivity index (χ2v) is 8.63. The normalized spacial score (nSPS) is 11.0. The van der Waals surface area contributed by atoms with Crippen LogP contribution in [0.25, 0.3) is 5.69 Å². The number of carbonyl (C=O) groups excluding carboxylic acids is 1. The number of halogens is 1. The molecule has 1 aromatic heterocycles. The van der Waals surface area contributed by atoms with E-state index in [0.717, 1.165) is 32.0 Å². The Morgan fingerprint density at radius 2 is 1.69 bits per heavy atom. The second-order valence-electron chi connectivity index (χ2n) is 8.63. The molecule has 0 aliphatic rings. The van der Waals surface area contributed by atoms with Crippen molar-refractivity contribution < 1.29 is 9.18 Å². The van der Waals surface area contributed by atoms with Gasteiger partial charge in [0.1, 0.15) is 5.82 Å². The molecule has 0 spiro atoms. The van der Waals surface area contributed by atoms with Crippen LogP contribution in [0.3, 0.4) is 0 Å². The van der Waals surface area contributed by atoms with Gasteiger partial charge in [0.2, 0.25) is 5.69 Å². The van der Waals surface area contributed by atoms with Crippen molar-refractivity contribution in [2.45, 2.75) is 33.2 Å². The number of hydrogen-bond acceptors (Lipinski definition) is 4. The third-order valence-electron chi connectivity index (χ3n) is 5.62. The van der Waals surface area contributed by atoms with E-state index in [1.54, 1.807) is 12.1 Å². The molecule has 0 radical (unpaired) electrons. The summed E-state index contributed by atoms with van der Waals surface area (Å²) < 4.78 is 15.6. The Balaban J connectivity index is 1.83. The molecule has 4 rings (SSSR count). The zero-order valence-corrected chi connectivity index (χ0v) is 19.7. The van der Waals surface area contributed by atoms with E-state index >= 15 is 0 Å². The SMILES string of the molecule is Cc1ccc(Cn2c(=O)c(C(=O)Nc3cccc(F)c3)nn(-c3ccc(C(C)C)cc3)c2=O)cc1. The van der Waals surface area contributed by atoms with Crippen molar-refractivity contribution in [3.63, 3.8) is 0 Å². The van der Waals surface area contributed by atoms with Crippen LogP contribution in [0.15, 0.2) is 82.4 Å². The van der Waals surface area contributed by atoms with Crippen molar-refractivity contribution in [1.29, 1.82) is 0 Å². The van der Waals surface area contributed by atoms with Crippen LogP contribution in [-0.4, -0.2) is 20.3 Å². The van der Waals surface area contributed by atoms with Crippen molar-refractivity contribution >= 4 is 11.6 Å². The zero-order chi connectivity index (χ0) is 25.1. The maximum Gasteiger partial charge on any atom is 0.352 e. The molecule has 7 nitrogen and oxygen atoms in total. The molecule has 1 heterocycles. The Hall–Kier alpha value is -4.33. The number of nitrogens with one attached hydrogen (secondary N) is 1. The van der Waals surface area contributed by atoms with Gasteiger partial charge in [0.15, 0.2) is 0 Å². The van der Waals surface area contributed by atoms with E-state index in [-0.39, 0.29) is 18.2 Å². The minimum atomic E-state index is -0.842. The van der Waals surface area contributed by atoms with E-state index < -0.39 is 28.7 Å². The van der Waals surface area contributed by atoms with Gasteiger partial charge in [0.25, 0.3) is 11.5 Å². The van der Waals surface area contributed by atoms with Gasteiger partial charge >= 0.3 is 5.69 Å². The Bertz CT molecular complexity index is 1490. The maximum absolute atomic E-state index is 13.6. The van der Waals surface area contributed by atoms with E-state index in [1.165, 1.54) is 18.2 Å². The number of amides is 1. The van der Waals surface area contributed by atoms with Crippen LogP contribution in [0.2, 0.25) is 0 Å². The average Bonchev–Trinajstić information content (AvgIpc) is 2.83. The Labute approximate surface area is 201 Å². The lowest BCUT2D eigenvalue weighted by molar-refractivity contribution is 0.101. The highest BCUT2D eigenvalue weighted by molar-refractivity contribution is 6.02. The summed E-state index contributed by atoms with van der Waals surface area (Å²) in [7, 11) is 0. The number of hydrogen-bond donors (Lipinski definition) is 1. The number of nitrogens with zero attached hydrogens (tertiary/aromatic N) is 3. The van der Waals surface area contributed by atoms with Crippen LogP contribution in [0.4, 0.5) is 10.1 Å². The van der Waals surface area contributed by atoms with Gasteiger partial charge in [-0.1, -0.05) is 61.9 Å². The van der Waals surface area contributed by atoms with Gasteiger partial charge in [-0.15, -0.1) is 0 Å². The predicted molar refractivity (Wildman–Crippen MR) is 133 cm³/mol. The van der Waals surface area contributed by atoms with Crippen LogP contribution in [-0.2, 0) is 6.54 Å². The largest absolute Gasteiger partial charge is 0.352 e. The molecule has 178 valence electrons. The van der Waals surface area contributed by atoms with E-state index in [0.29, 0.717) is 5.69 Å². The lowest BCUT2D eigenvalue weighted by atomic mass is 10.0. The highest BCUT2D eigenvalue weighted by Crippen LogP contribution is 2.16. The molecule has 0 unspecified atom stereocenters. The van der Waals surface area contributed by atoms with Crippen molar-refractivity contribution in [2.75, 3.05) is 5.32 Å². The van der Waals surface area contributed by atoms with Crippen LogP contribution in [0.1, 0.15) is 46.9 Å². The lowest BCUT2D eigenvalue weighted by Gasteiger charge is -2.13. The summed E-state index contributed by atoms with van der Waals surface area (Å²) in [5.74, 6) is -1.09. The van der Waals surface area contributed by atoms with Gasteiger partial charge in [0.05, 0.1) is 12.2 Å². The summed E-state index contributed by atoms with van der Waals surface area (Å²) in [6.45, 7) is 6.00. The molecule has 0 saturated heterocycles. The highest BCUT2D eigenvalue weighted by atomic mass is 19.1. The fraction of sp³-hybridized carbons (Fsp3) is 0.185. The molecular formula is C27H25FN4O3. The number of aromatic nitrogens is 3. The minimum absolute atomic E-state index is 0.0369. The van der Waals surface area contributed by atoms with E-state index in [2.05, 4.69) is 24.3 Å². The molecule has 8 heteroatoms. The first-order valence-electron chi connectivity index (χ1n) is 11.2. The van der Waals surface area contributed by atoms with Gasteiger partial charge in [-0.05, 0) is 54.3 Å². The molecular weight excluding hydrogens is 447 g/mol. The van der Waals surface area contributed by atoms with Gasteiger partial charge in [0, 0.05) is 5.69 Å². The predicted octanol–water partition coefficient (Wildman–Crippen LogP) is 4.27. The quantitative estimate of drug-likeness (QED) is 0.454. The number of benzene rings is 3. The summed E-state index contributed by atoms with van der Waals surface area (Å²) in [6, 6.07) is 19.9. The number of rotatable bonds is 6. The molecule has 1 amide bonds. The first-order valence-corrected chi connectivity index (χ1v) is 11.2. The second kappa shape index (κ2) is 9.89. The van der Waals surface area contributed by atoms with Gasteiger partial charge < -0.3 is 5.32 Å². The van der Waals surface area contributed by atoms with E-state index in [1.807, 2.05) is 43.3 Å². The van der Waals surface area contributed by atoms with Crippen LogP contribution in [0.5, 0.6) is 0 Å². The molecule has 0 atom stereocenters. The van der Waals surface area contributed by atoms with Gasteiger partial charge in [-0.3, -0.25) is 14.2 Å². The van der Waals surface area contributed by atoms with Gasteiger partial charge in [-0.2, -0.15) is 9.78 Å². The number of anilines is 1. The minimum Gasteiger partial charge on any atom is -0.320 e. The molecule has 0 fully saturated rings. The van der Waals surface area contributed by atoms with Crippen molar-refractivity contribution in [3.8, 4) is 5.69 Å². The monoisotopic (exact) mass is 472 g/mol. The highest BCUT2D eigenvalue weighted by Gasteiger charge is 2.21. The smallest absolute Gasteiger partial charge is 0.320 e. The number of aryl methyl sites for hydroxylation is 1. The third kappa shape index (κ3) is 5.27. The topological polar surface area (TPSA) is 86.0 Å². The average molecular weight is 473 g/mol. The van der Waals surface area contributed by atoms with Gasteiger partial charge in [-0.25, -0.2) is 9.18 Å². The maximum atomic E-state index is 13.6. The van der Waals surface area contributed by atoms with Crippen molar-refractivity contribution in [3.05, 3.63) is 122 Å². The standard InChI is InChI=1S/C27H25FN4O3/c1-17(2)20-11-13-23(14-12-20)32-27(35)31(16-19-9-7-18(3)8-10-19)26(34)24(30-32)25(33)29-22-6-4-5-21(28)15-22/h4-15,17H,16H2,1-3H3,(H,29,33). The molecule has 0 aliphatic carbocycles. The molecule has 0 aliphatic heterocycles. The summed E-state index contributed by atoms with van der Waals surface area (Å²) >= 11 is 0. The molecule has 0 bridgehead atoms. The Kier molecular flexibility index (Phi) is 6.73. The molecule has 0 saturated carbocycles. The number of carbonyl (C=O) groups is 1. The van der Waals surface area contributed by atoms with Crippen molar-refractivity contribution in [1.82, 2.24) is 14.3 Å². The fourth-order valence-electron chi connectivity index (χ4n) is 3.60. The Morgan fingerprint density at radius 1 is 1.00 bits per heavy atom. The Morgan fingerprint density at radius 3 is 2.31 bits per heavy atom. The summed E-state index contributed by atoms with van der Waals surface area (Å²) in [4.78, 5) is 39.6. The first-order chi connectivity index (χ1) is 16.7. The summed E-state index contributed by atoms with van der Waals surface area (Å²) in [6.07, 6.45) is 0. The van der Waals surface area contributed by atoms with Crippen LogP contribution < -0.4 is 16.6 Å². The molecule has 1 N–H and O–H groups in total. The summed E-state index contributed by atoms with van der Waals surface area (Å²) in [5.41, 5.74) is 1.42. The molecule has 3 aromatic carbocycles. The van der Waals surface area contributed by atoms with Crippen LogP contribution >= 0.6 is 0 Å². The van der Waals surface area contributed by atoms with E-state index in [4.69, 9.17) is 0 Å². The van der Waals surface area contributed by atoms with Crippen molar-refractivity contribution in [2.24, 2.45) is 0 Å². The van der Waals surface area contributed by atoms with E-state index in [9.17, 15) is 18.8 Å². The molecule has 35 heavy (non-hydrogen) atoms. The zero-order valence-electron chi connectivity index (χ0n) is 19.7. The fourth-order valence-corrected chi connectivity index (χ4v) is 3.60. The third-order valence-corrected chi connectivity index (χ3v) is 5.62.